The molecular formula is C16H27NO4. The zero-order valence-electron chi connectivity index (χ0n) is 13.7. The minimum atomic E-state index is -0.883. The summed E-state index contributed by atoms with van der Waals surface area (Å²) >= 11 is 0. The predicted molar refractivity (Wildman–Crippen MR) is 79.5 cm³/mol. The number of nitrogens with zero attached hydrogens (tertiary/aromatic N) is 1. The molecule has 2 atom stereocenters. The maximum absolute atomic E-state index is 12.5. The zero-order valence-corrected chi connectivity index (χ0v) is 13.7. The van der Waals surface area contributed by atoms with Gasteiger partial charge in [-0.3, -0.25) is 19.3 Å². The topological polar surface area (TPSA) is 74.7 Å². The quantitative estimate of drug-likeness (QED) is 0.733. The molecule has 0 aromatic rings. The van der Waals surface area contributed by atoms with E-state index in [0.717, 1.165) is 0 Å². The van der Waals surface area contributed by atoms with E-state index in [9.17, 15) is 14.4 Å². The van der Waals surface area contributed by atoms with Crippen LogP contribution in [0.5, 0.6) is 0 Å². The van der Waals surface area contributed by atoms with Gasteiger partial charge >= 0.3 is 5.97 Å². The Morgan fingerprint density at radius 3 is 2.24 bits per heavy atom. The van der Waals surface area contributed by atoms with Gasteiger partial charge in [-0.15, -0.1) is 0 Å². The minimum absolute atomic E-state index is 0.00632. The lowest BCUT2D eigenvalue weighted by Gasteiger charge is -2.28. The van der Waals surface area contributed by atoms with Crippen molar-refractivity contribution in [2.45, 2.75) is 53.9 Å². The molecule has 120 valence electrons. The molecular weight excluding hydrogens is 270 g/mol. The lowest BCUT2D eigenvalue weighted by molar-refractivity contribution is -0.145. The van der Waals surface area contributed by atoms with Crippen molar-refractivity contribution in [1.82, 2.24) is 4.90 Å². The summed E-state index contributed by atoms with van der Waals surface area (Å²) in [7, 11) is 0. The molecule has 0 aliphatic carbocycles. The molecule has 1 heterocycles. The second kappa shape index (κ2) is 6.58. The molecule has 0 radical (unpaired) electrons. The van der Waals surface area contributed by atoms with Crippen LogP contribution in [0.1, 0.15) is 53.9 Å². The lowest BCUT2D eigenvalue weighted by atomic mass is 9.78. The monoisotopic (exact) mass is 297 g/mol. The number of imide groups is 1. The highest BCUT2D eigenvalue weighted by molar-refractivity contribution is 6.05. The molecule has 0 aromatic carbocycles. The standard InChI is InChI=1S/C16H27NO4/c1-10(2)6-12(7-14(19)20)9-17-13(18)8-16(5,11(3)4)15(17)21/h10-12H,6-9H2,1-5H3,(H,19,20). The van der Waals surface area contributed by atoms with Crippen molar-refractivity contribution in [2.24, 2.45) is 23.2 Å². The number of rotatable bonds is 7. The molecule has 0 aromatic heterocycles. The van der Waals surface area contributed by atoms with Gasteiger partial charge in [0.2, 0.25) is 11.8 Å². The van der Waals surface area contributed by atoms with E-state index >= 15 is 0 Å². The van der Waals surface area contributed by atoms with Crippen LogP contribution in [0.4, 0.5) is 0 Å². The van der Waals surface area contributed by atoms with Crippen LogP contribution in [-0.4, -0.2) is 34.3 Å². The number of carbonyl (C=O) groups excluding carboxylic acids is 2. The summed E-state index contributed by atoms with van der Waals surface area (Å²) in [5.41, 5.74) is -0.650. The average Bonchev–Trinajstić information content (AvgIpc) is 2.52. The number of aliphatic carboxylic acids is 1. The fourth-order valence-electron chi connectivity index (χ4n) is 2.94. The zero-order chi connectivity index (χ0) is 16.4. The summed E-state index contributed by atoms with van der Waals surface area (Å²) in [6.07, 6.45) is 0.917. The molecule has 1 aliphatic heterocycles. The van der Waals surface area contributed by atoms with Crippen molar-refractivity contribution in [3.05, 3.63) is 0 Å². The van der Waals surface area contributed by atoms with E-state index in [1.54, 1.807) is 0 Å². The molecule has 1 saturated heterocycles. The smallest absolute Gasteiger partial charge is 0.303 e. The van der Waals surface area contributed by atoms with Crippen LogP contribution in [0, 0.1) is 23.2 Å². The first kappa shape index (κ1) is 17.7. The number of amides is 2. The molecule has 1 rings (SSSR count). The Morgan fingerprint density at radius 1 is 1.29 bits per heavy atom. The molecule has 1 aliphatic rings. The van der Waals surface area contributed by atoms with Crippen LogP contribution in [0.25, 0.3) is 0 Å². The minimum Gasteiger partial charge on any atom is -0.481 e. The Bertz CT molecular complexity index is 430. The third-order valence-electron chi connectivity index (χ3n) is 4.54. The van der Waals surface area contributed by atoms with Crippen LogP contribution in [0.15, 0.2) is 0 Å². The van der Waals surface area contributed by atoms with Gasteiger partial charge in [-0.1, -0.05) is 27.7 Å². The van der Waals surface area contributed by atoms with Crippen molar-refractivity contribution < 1.29 is 19.5 Å². The van der Waals surface area contributed by atoms with Gasteiger partial charge in [-0.05, 0) is 31.1 Å². The number of carboxylic acid groups (broad SMARTS) is 1. The van der Waals surface area contributed by atoms with E-state index < -0.39 is 11.4 Å². The van der Waals surface area contributed by atoms with Crippen LogP contribution < -0.4 is 0 Å². The highest BCUT2D eigenvalue weighted by atomic mass is 16.4. The van der Waals surface area contributed by atoms with E-state index in [0.29, 0.717) is 12.3 Å². The summed E-state index contributed by atoms with van der Waals surface area (Å²) in [4.78, 5) is 37.0. The van der Waals surface area contributed by atoms with Crippen molar-refractivity contribution in [3.63, 3.8) is 0 Å². The highest BCUT2D eigenvalue weighted by Crippen LogP contribution is 2.39. The summed E-state index contributed by atoms with van der Waals surface area (Å²) in [5.74, 6) is -0.964. The normalized spacial score (nSPS) is 24.2. The largest absolute Gasteiger partial charge is 0.481 e. The van der Waals surface area contributed by atoms with E-state index in [1.807, 2.05) is 34.6 Å². The van der Waals surface area contributed by atoms with Gasteiger partial charge in [0.15, 0.2) is 0 Å². The molecule has 2 unspecified atom stereocenters. The number of carbonyl (C=O) groups is 3. The Morgan fingerprint density at radius 2 is 1.86 bits per heavy atom. The number of hydrogen-bond donors (Lipinski definition) is 1. The summed E-state index contributed by atoms with van der Waals surface area (Å²) in [6.45, 7) is 9.97. The second-order valence-corrected chi connectivity index (χ2v) is 7.15. The first-order valence-corrected chi connectivity index (χ1v) is 7.64. The maximum Gasteiger partial charge on any atom is 0.303 e. The van der Waals surface area contributed by atoms with Crippen LogP contribution in [-0.2, 0) is 14.4 Å². The van der Waals surface area contributed by atoms with E-state index in [4.69, 9.17) is 5.11 Å². The predicted octanol–water partition coefficient (Wildman–Crippen LogP) is 2.54. The van der Waals surface area contributed by atoms with Gasteiger partial charge in [0, 0.05) is 19.4 Å². The fraction of sp³-hybridized carbons (Fsp3) is 0.812. The van der Waals surface area contributed by atoms with Gasteiger partial charge in [-0.25, -0.2) is 0 Å². The summed E-state index contributed by atoms with van der Waals surface area (Å²) in [6, 6.07) is 0. The fourth-order valence-corrected chi connectivity index (χ4v) is 2.94. The molecule has 1 fully saturated rings. The number of likely N-dealkylation sites (tertiary alicyclic amines) is 1. The maximum atomic E-state index is 12.5. The van der Waals surface area contributed by atoms with Crippen LogP contribution in [0.2, 0.25) is 0 Å². The van der Waals surface area contributed by atoms with Crippen molar-refractivity contribution in [1.29, 1.82) is 0 Å². The SMILES string of the molecule is CC(C)CC(CC(=O)O)CN1C(=O)CC(C)(C(C)C)C1=O. The Hall–Kier alpha value is -1.39. The van der Waals surface area contributed by atoms with Crippen molar-refractivity contribution in [3.8, 4) is 0 Å². The molecule has 0 saturated carbocycles. The Labute approximate surface area is 126 Å². The van der Waals surface area contributed by atoms with Gasteiger partial charge in [-0.2, -0.15) is 0 Å². The summed E-state index contributed by atoms with van der Waals surface area (Å²) < 4.78 is 0. The molecule has 5 heteroatoms. The molecule has 5 nitrogen and oxygen atoms in total. The average molecular weight is 297 g/mol. The number of carboxylic acids is 1. The third kappa shape index (κ3) is 4.05. The Kier molecular flexibility index (Phi) is 5.54. The van der Waals surface area contributed by atoms with Crippen LogP contribution in [0.3, 0.4) is 0 Å². The molecule has 2 amide bonds. The highest BCUT2D eigenvalue weighted by Gasteiger charge is 2.50. The van der Waals surface area contributed by atoms with Gasteiger partial charge < -0.3 is 5.11 Å². The van der Waals surface area contributed by atoms with Crippen LogP contribution >= 0.6 is 0 Å². The van der Waals surface area contributed by atoms with Crippen molar-refractivity contribution >= 4 is 17.8 Å². The van der Waals surface area contributed by atoms with E-state index in [1.165, 1.54) is 4.90 Å². The van der Waals surface area contributed by atoms with Crippen molar-refractivity contribution in [2.75, 3.05) is 6.54 Å². The molecule has 0 spiro atoms. The summed E-state index contributed by atoms with van der Waals surface area (Å²) in [5, 5.41) is 9.01. The molecule has 0 bridgehead atoms. The molecule has 21 heavy (non-hydrogen) atoms. The van der Waals surface area contributed by atoms with Gasteiger partial charge in [0.25, 0.3) is 0 Å². The van der Waals surface area contributed by atoms with Gasteiger partial charge in [0.05, 0.1) is 5.41 Å². The first-order chi connectivity index (χ1) is 9.57. The third-order valence-corrected chi connectivity index (χ3v) is 4.54. The first-order valence-electron chi connectivity index (χ1n) is 7.64. The van der Waals surface area contributed by atoms with E-state index in [-0.39, 0.29) is 43.0 Å². The van der Waals surface area contributed by atoms with Gasteiger partial charge in [0.1, 0.15) is 0 Å². The Balaban J connectivity index is 2.86. The lowest BCUT2D eigenvalue weighted by Crippen LogP contribution is -2.40. The number of hydrogen-bond acceptors (Lipinski definition) is 3. The molecule has 1 N–H and O–H groups in total. The van der Waals surface area contributed by atoms with E-state index in [2.05, 4.69) is 0 Å². The second-order valence-electron chi connectivity index (χ2n) is 7.15.